The highest BCUT2D eigenvalue weighted by atomic mass is 79.9. The molecule has 4 nitrogen and oxygen atoms in total. The highest BCUT2D eigenvalue weighted by Crippen LogP contribution is 2.23. The zero-order valence-electron chi connectivity index (χ0n) is 12.1. The molecule has 1 N–H and O–H groups in total. The van der Waals surface area contributed by atoms with Crippen molar-refractivity contribution in [1.82, 2.24) is 0 Å². The summed E-state index contributed by atoms with van der Waals surface area (Å²) in [5.41, 5.74) is 1.75. The average Bonchev–Trinajstić information content (AvgIpc) is 2.99. The Morgan fingerprint density at radius 3 is 2.82 bits per heavy atom. The van der Waals surface area contributed by atoms with Gasteiger partial charge in [-0.3, -0.25) is 9.59 Å². The first kappa shape index (κ1) is 16.7. The van der Waals surface area contributed by atoms with E-state index in [4.69, 9.17) is 4.74 Å². The summed E-state index contributed by atoms with van der Waals surface area (Å²) in [4.78, 5) is 24.5. The van der Waals surface area contributed by atoms with Gasteiger partial charge in [-0.1, -0.05) is 12.1 Å². The van der Waals surface area contributed by atoms with Crippen LogP contribution in [0.5, 0.6) is 0 Å². The lowest BCUT2D eigenvalue weighted by molar-refractivity contribution is -0.147. The van der Waals surface area contributed by atoms with Crippen LogP contribution in [0, 0.1) is 6.92 Å². The van der Waals surface area contributed by atoms with Crippen molar-refractivity contribution < 1.29 is 14.3 Å². The maximum atomic E-state index is 11.8. The molecule has 0 fully saturated rings. The molecule has 6 heteroatoms. The Morgan fingerprint density at radius 1 is 1.32 bits per heavy atom. The number of nitrogens with one attached hydrogen (secondary N) is 1. The van der Waals surface area contributed by atoms with E-state index in [1.807, 2.05) is 36.6 Å². The first-order valence-electron chi connectivity index (χ1n) is 6.78. The molecule has 0 atom stereocenters. The molecule has 0 bridgehead atoms. The van der Waals surface area contributed by atoms with Crippen LogP contribution in [0.1, 0.15) is 16.9 Å². The molecule has 22 heavy (non-hydrogen) atoms. The van der Waals surface area contributed by atoms with E-state index in [9.17, 15) is 9.59 Å². The minimum atomic E-state index is -0.369. The van der Waals surface area contributed by atoms with Crippen LogP contribution in [-0.2, 0) is 20.7 Å². The maximum absolute atomic E-state index is 11.8. The van der Waals surface area contributed by atoms with Gasteiger partial charge in [0, 0.05) is 9.35 Å². The number of anilines is 1. The number of ether oxygens (including phenoxy) is 1. The molecule has 0 spiro atoms. The molecule has 1 aromatic carbocycles. The molecule has 2 aromatic rings. The smallest absolute Gasteiger partial charge is 0.306 e. The maximum Gasteiger partial charge on any atom is 0.306 e. The number of amides is 1. The van der Waals surface area contributed by atoms with E-state index >= 15 is 0 Å². The Bertz CT molecular complexity index is 655. The number of thiophene rings is 1. The summed E-state index contributed by atoms with van der Waals surface area (Å²) >= 11 is 4.98. The van der Waals surface area contributed by atoms with Gasteiger partial charge in [0.15, 0.2) is 6.61 Å². The van der Waals surface area contributed by atoms with E-state index in [2.05, 4.69) is 21.2 Å². The average molecular weight is 382 g/mol. The summed E-state index contributed by atoms with van der Waals surface area (Å²) in [5, 5.41) is 4.67. The zero-order valence-corrected chi connectivity index (χ0v) is 14.5. The van der Waals surface area contributed by atoms with Gasteiger partial charge in [-0.15, -0.1) is 11.3 Å². The van der Waals surface area contributed by atoms with Gasteiger partial charge in [0.25, 0.3) is 5.91 Å². The Labute approximate surface area is 141 Å². The van der Waals surface area contributed by atoms with Crippen molar-refractivity contribution in [1.29, 1.82) is 0 Å². The topological polar surface area (TPSA) is 55.4 Å². The fourth-order valence-electron chi connectivity index (χ4n) is 1.81. The monoisotopic (exact) mass is 381 g/mol. The second kappa shape index (κ2) is 8.10. The van der Waals surface area contributed by atoms with E-state index < -0.39 is 0 Å². The number of carbonyl (C=O) groups is 2. The molecular formula is C16H16BrNO3S. The van der Waals surface area contributed by atoms with Gasteiger partial charge < -0.3 is 10.1 Å². The molecule has 2 rings (SSSR count). The quantitative estimate of drug-likeness (QED) is 0.771. The zero-order chi connectivity index (χ0) is 15.9. The van der Waals surface area contributed by atoms with Gasteiger partial charge in [0.1, 0.15) is 0 Å². The Balaban J connectivity index is 1.74. The van der Waals surface area contributed by atoms with Crippen LogP contribution >= 0.6 is 27.3 Å². The summed E-state index contributed by atoms with van der Waals surface area (Å²) in [5.74, 6) is -0.722. The predicted molar refractivity (Wildman–Crippen MR) is 91.1 cm³/mol. The Kier molecular flexibility index (Phi) is 6.15. The van der Waals surface area contributed by atoms with Gasteiger partial charge in [-0.05, 0) is 58.4 Å². The fourth-order valence-corrected chi connectivity index (χ4v) is 3.11. The minimum absolute atomic E-state index is 0.274. The van der Waals surface area contributed by atoms with Gasteiger partial charge in [0.2, 0.25) is 0 Å². The summed E-state index contributed by atoms with van der Waals surface area (Å²) in [6, 6.07) is 9.52. The SMILES string of the molecule is Cc1ccc(NC(=O)COC(=O)CCc2cccs2)c(Br)c1. The lowest BCUT2D eigenvalue weighted by Crippen LogP contribution is -2.21. The number of benzene rings is 1. The minimum Gasteiger partial charge on any atom is -0.456 e. The summed E-state index contributed by atoms with van der Waals surface area (Å²) < 4.78 is 5.77. The first-order chi connectivity index (χ1) is 10.5. The number of esters is 1. The van der Waals surface area contributed by atoms with Crippen molar-refractivity contribution in [2.24, 2.45) is 0 Å². The lowest BCUT2D eigenvalue weighted by Gasteiger charge is -2.08. The van der Waals surface area contributed by atoms with Gasteiger partial charge >= 0.3 is 5.97 Å². The van der Waals surface area contributed by atoms with Crippen molar-refractivity contribution in [3.63, 3.8) is 0 Å². The molecule has 0 aliphatic heterocycles. The second-order valence-electron chi connectivity index (χ2n) is 4.77. The number of halogens is 1. The third-order valence-corrected chi connectivity index (χ3v) is 4.51. The van der Waals surface area contributed by atoms with Gasteiger partial charge in [0.05, 0.1) is 12.1 Å². The van der Waals surface area contributed by atoms with Crippen LogP contribution in [0.2, 0.25) is 0 Å². The largest absolute Gasteiger partial charge is 0.456 e. The number of carbonyl (C=O) groups excluding carboxylic acids is 2. The molecule has 0 saturated carbocycles. The van der Waals surface area contributed by atoms with Crippen LogP contribution < -0.4 is 5.32 Å². The van der Waals surface area contributed by atoms with Gasteiger partial charge in [-0.25, -0.2) is 0 Å². The fraction of sp³-hybridized carbons (Fsp3) is 0.250. The molecular weight excluding hydrogens is 366 g/mol. The Morgan fingerprint density at radius 2 is 2.14 bits per heavy atom. The highest BCUT2D eigenvalue weighted by Gasteiger charge is 2.10. The van der Waals surface area contributed by atoms with E-state index in [-0.39, 0.29) is 24.9 Å². The third kappa shape index (κ3) is 5.27. The molecule has 0 saturated heterocycles. The van der Waals surface area contributed by atoms with Crippen LogP contribution in [0.3, 0.4) is 0 Å². The van der Waals surface area contributed by atoms with Crippen molar-refractivity contribution in [3.05, 3.63) is 50.6 Å². The predicted octanol–water partition coefficient (Wildman–Crippen LogP) is 3.93. The van der Waals surface area contributed by atoms with Crippen LogP contribution in [-0.4, -0.2) is 18.5 Å². The van der Waals surface area contributed by atoms with Crippen molar-refractivity contribution in [2.75, 3.05) is 11.9 Å². The number of hydrogen-bond donors (Lipinski definition) is 1. The first-order valence-corrected chi connectivity index (χ1v) is 8.46. The van der Waals surface area contributed by atoms with E-state index in [0.29, 0.717) is 12.1 Å². The molecule has 0 radical (unpaired) electrons. The molecule has 1 amide bonds. The number of hydrogen-bond acceptors (Lipinski definition) is 4. The van der Waals surface area contributed by atoms with Crippen molar-refractivity contribution in [3.8, 4) is 0 Å². The third-order valence-electron chi connectivity index (χ3n) is 2.92. The summed E-state index contributed by atoms with van der Waals surface area (Å²) in [7, 11) is 0. The van der Waals surface area contributed by atoms with E-state index in [1.54, 1.807) is 17.4 Å². The normalized spacial score (nSPS) is 10.3. The van der Waals surface area contributed by atoms with Crippen LogP contribution in [0.25, 0.3) is 0 Å². The summed E-state index contributed by atoms with van der Waals surface area (Å²) in [6.07, 6.45) is 0.920. The van der Waals surface area contributed by atoms with E-state index in [1.165, 1.54) is 0 Å². The molecule has 0 aliphatic carbocycles. The second-order valence-corrected chi connectivity index (χ2v) is 6.66. The van der Waals surface area contributed by atoms with E-state index in [0.717, 1.165) is 14.9 Å². The lowest BCUT2D eigenvalue weighted by atomic mass is 10.2. The molecule has 0 unspecified atom stereocenters. The Hall–Kier alpha value is -1.66. The number of aryl methyl sites for hydroxylation is 2. The van der Waals surface area contributed by atoms with Gasteiger partial charge in [-0.2, -0.15) is 0 Å². The molecule has 0 aliphatic rings. The molecule has 1 aromatic heterocycles. The van der Waals surface area contributed by atoms with Crippen molar-refractivity contribution in [2.45, 2.75) is 19.8 Å². The van der Waals surface area contributed by atoms with Crippen LogP contribution in [0.4, 0.5) is 5.69 Å². The highest BCUT2D eigenvalue weighted by molar-refractivity contribution is 9.10. The summed E-state index contributed by atoms with van der Waals surface area (Å²) in [6.45, 7) is 1.69. The molecule has 1 heterocycles. The number of rotatable bonds is 6. The van der Waals surface area contributed by atoms with Crippen LogP contribution in [0.15, 0.2) is 40.2 Å². The van der Waals surface area contributed by atoms with Crippen molar-refractivity contribution >= 4 is 44.8 Å². The molecule has 116 valence electrons. The standard InChI is InChI=1S/C16H16BrNO3S/c1-11-4-6-14(13(17)9-11)18-15(19)10-21-16(20)7-5-12-3-2-8-22-12/h2-4,6,8-9H,5,7,10H2,1H3,(H,18,19).